The summed E-state index contributed by atoms with van der Waals surface area (Å²) in [7, 11) is 0. The Hall–Kier alpha value is -2.14. The SMILES string of the molecule is CC(=O)N1CCc2cc(NC(=O)C3(c4ccc(Br)cc4)CC3)ccc21. The summed E-state index contributed by atoms with van der Waals surface area (Å²) in [5, 5.41) is 3.08. The molecule has 128 valence electrons. The van der Waals surface area contributed by atoms with E-state index in [1.807, 2.05) is 42.5 Å². The number of carbonyl (C=O) groups excluding carboxylic acids is 2. The van der Waals surface area contributed by atoms with Gasteiger partial charge in [-0.1, -0.05) is 28.1 Å². The predicted octanol–water partition coefficient (Wildman–Crippen LogP) is 4.03. The van der Waals surface area contributed by atoms with Crippen molar-refractivity contribution < 1.29 is 9.59 Å². The number of anilines is 2. The number of amides is 2. The molecule has 4 nitrogen and oxygen atoms in total. The Bertz CT molecular complexity index is 856. The maximum atomic E-state index is 12.9. The monoisotopic (exact) mass is 398 g/mol. The Kier molecular flexibility index (Phi) is 3.91. The standard InChI is InChI=1S/C20H19BrN2O2/c1-13(24)23-11-8-14-12-17(6-7-18(14)23)22-19(25)20(9-10-20)15-2-4-16(21)5-3-15/h2-7,12H,8-11H2,1H3,(H,22,25). The Morgan fingerprint density at radius 3 is 2.48 bits per heavy atom. The molecule has 4 rings (SSSR count). The van der Waals surface area contributed by atoms with Gasteiger partial charge in [-0.3, -0.25) is 9.59 Å². The van der Waals surface area contributed by atoms with Gasteiger partial charge < -0.3 is 10.2 Å². The van der Waals surface area contributed by atoms with Crippen LogP contribution in [0.3, 0.4) is 0 Å². The molecule has 2 aromatic rings. The van der Waals surface area contributed by atoms with Crippen LogP contribution in [0.4, 0.5) is 11.4 Å². The molecule has 0 bridgehead atoms. The van der Waals surface area contributed by atoms with Crippen molar-refractivity contribution in [2.45, 2.75) is 31.6 Å². The van der Waals surface area contributed by atoms with E-state index in [0.717, 1.165) is 46.2 Å². The van der Waals surface area contributed by atoms with Gasteiger partial charge in [-0.05, 0) is 60.7 Å². The predicted molar refractivity (Wildman–Crippen MR) is 102 cm³/mol. The zero-order valence-corrected chi connectivity index (χ0v) is 15.6. The molecule has 2 aromatic carbocycles. The van der Waals surface area contributed by atoms with Crippen molar-refractivity contribution in [3.8, 4) is 0 Å². The van der Waals surface area contributed by atoms with Gasteiger partial charge in [-0.25, -0.2) is 0 Å². The molecule has 0 saturated heterocycles. The Labute approximate surface area is 155 Å². The van der Waals surface area contributed by atoms with E-state index in [9.17, 15) is 9.59 Å². The van der Waals surface area contributed by atoms with Crippen molar-refractivity contribution in [2.75, 3.05) is 16.8 Å². The van der Waals surface area contributed by atoms with Crippen molar-refractivity contribution in [2.24, 2.45) is 0 Å². The molecular weight excluding hydrogens is 380 g/mol. The molecule has 25 heavy (non-hydrogen) atoms. The van der Waals surface area contributed by atoms with E-state index in [2.05, 4.69) is 21.2 Å². The lowest BCUT2D eigenvalue weighted by Gasteiger charge is -2.17. The highest BCUT2D eigenvalue weighted by molar-refractivity contribution is 9.10. The van der Waals surface area contributed by atoms with Gasteiger partial charge in [0.25, 0.3) is 0 Å². The molecule has 1 heterocycles. The van der Waals surface area contributed by atoms with E-state index < -0.39 is 5.41 Å². The molecule has 1 aliphatic heterocycles. The molecule has 1 fully saturated rings. The highest BCUT2D eigenvalue weighted by Gasteiger charge is 2.51. The number of fused-ring (bicyclic) bond motifs is 1. The second kappa shape index (κ2) is 5.99. The highest BCUT2D eigenvalue weighted by atomic mass is 79.9. The van der Waals surface area contributed by atoms with Gasteiger partial charge in [0, 0.05) is 29.3 Å². The Balaban J connectivity index is 1.54. The van der Waals surface area contributed by atoms with Crippen LogP contribution >= 0.6 is 15.9 Å². The van der Waals surface area contributed by atoms with Crippen molar-refractivity contribution >= 4 is 39.1 Å². The number of halogens is 1. The van der Waals surface area contributed by atoms with E-state index in [-0.39, 0.29) is 11.8 Å². The van der Waals surface area contributed by atoms with Crippen molar-refractivity contribution in [3.05, 3.63) is 58.1 Å². The summed E-state index contributed by atoms with van der Waals surface area (Å²) >= 11 is 3.44. The van der Waals surface area contributed by atoms with E-state index in [4.69, 9.17) is 0 Å². The van der Waals surface area contributed by atoms with E-state index in [1.165, 1.54) is 0 Å². The molecule has 0 unspecified atom stereocenters. The van der Waals surface area contributed by atoms with Crippen LogP contribution in [0.15, 0.2) is 46.9 Å². The molecule has 0 aromatic heterocycles. The molecule has 2 amide bonds. The highest BCUT2D eigenvalue weighted by Crippen LogP contribution is 2.49. The Morgan fingerprint density at radius 2 is 1.84 bits per heavy atom. The fraction of sp³-hybridized carbons (Fsp3) is 0.300. The lowest BCUT2D eigenvalue weighted by atomic mass is 9.95. The number of nitrogens with one attached hydrogen (secondary N) is 1. The third-order valence-corrected chi connectivity index (χ3v) is 5.72. The molecule has 0 spiro atoms. The van der Waals surface area contributed by atoms with Crippen LogP contribution in [0.2, 0.25) is 0 Å². The zero-order valence-electron chi connectivity index (χ0n) is 14.0. The largest absolute Gasteiger partial charge is 0.325 e. The zero-order chi connectivity index (χ0) is 17.6. The smallest absolute Gasteiger partial charge is 0.235 e. The van der Waals surface area contributed by atoms with Gasteiger partial charge in [0.15, 0.2) is 0 Å². The van der Waals surface area contributed by atoms with Crippen molar-refractivity contribution in [1.82, 2.24) is 0 Å². The van der Waals surface area contributed by atoms with Gasteiger partial charge in [0.2, 0.25) is 11.8 Å². The lowest BCUT2D eigenvalue weighted by molar-refractivity contribution is -0.118. The van der Waals surface area contributed by atoms with E-state index in [1.54, 1.807) is 11.8 Å². The quantitative estimate of drug-likeness (QED) is 0.848. The van der Waals surface area contributed by atoms with Crippen LogP contribution in [-0.4, -0.2) is 18.4 Å². The van der Waals surface area contributed by atoms with Gasteiger partial charge in [-0.15, -0.1) is 0 Å². The van der Waals surface area contributed by atoms with Crippen LogP contribution in [0, 0.1) is 0 Å². The van der Waals surface area contributed by atoms with Crippen LogP contribution in [0.5, 0.6) is 0 Å². The minimum Gasteiger partial charge on any atom is -0.325 e. The number of benzene rings is 2. The third-order valence-electron chi connectivity index (χ3n) is 5.19. The minimum atomic E-state index is -0.398. The van der Waals surface area contributed by atoms with Gasteiger partial charge in [0.1, 0.15) is 0 Å². The number of nitrogens with zero attached hydrogens (tertiary/aromatic N) is 1. The summed E-state index contributed by atoms with van der Waals surface area (Å²) < 4.78 is 1.01. The first-order chi connectivity index (χ1) is 12.0. The van der Waals surface area contributed by atoms with Crippen molar-refractivity contribution in [3.63, 3.8) is 0 Å². The second-order valence-corrected chi connectivity index (χ2v) is 7.72. The summed E-state index contributed by atoms with van der Waals surface area (Å²) in [6.07, 6.45) is 2.59. The normalized spacial score (nSPS) is 17.1. The molecule has 1 saturated carbocycles. The first-order valence-corrected chi connectivity index (χ1v) is 9.27. The van der Waals surface area contributed by atoms with Crippen LogP contribution in [0.1, 0.15) is 30.9 Å². The minimum absolute atomic E-state index is 0.0520. The van der Waals surface area contributed by atoms with Gasteiger partial charge in [-0.2, -0.15) is 0 Å². The first kappa shape index (κ1) is 16.3. The molecular formula is C20H19BrN2O2. The average molecular weight is 399 g/mol. The number of carbonyl (C=O) groups is 2. The molecule has 1 N–H and O–H groups in total. The van der Waals surface area contributed by atoms with E-state index in [0.29, 0.717) is 6.54 Å². The van der Waals surface area contributed by atoms with Gasteiger partial charge >= 0.3 is 0 Å². The summed E-state index contributed by atoms with van der Waals surface area (Å²) in [5.74, 6) is 0.110. The third kappa shape index (κ3) is 2.86. The summed E-state index contributed by atoms with van der Waals surface area (Å²) in [6.45, 7) is 2.30. The fourth-order valence-corrected chi connectivity index (χ4v) is 3.86. The molecule has 2 aliphatic rings. The lowest BCUT2D eigenvalue weighted by Crippen LogP contribution is -2.28. The van der Waals surface area contributed by atoms with Crippen LogP contribution in [0.25, 0.3) is 0 Å². The molecule has 5 heteroatoms. The topological polar surface area (TPSA) is 49.4 Å². The molecule has 1 aliphatic carbocycles. The number of hydrogen-bond acceptors (Lipinski definition) is 2. The average Bonchev–Trinajstić information content (AvgIpc) is 3.29. The maximum Gasteiger partial charge on any atom is 0.235 e. The molecule has 0 radical (unpaired) electrons. The summed E-state index contributed by atoms with van der Waals surface area (Å²) in [5.41, 5.74) is 3.54. The maximum absolute atomic E-state index is 12.9. The summed E-state index contributed by atoms with van der Waals surface area (Å²) in [6, 6.07) is 13.8. The summed E-state index contributed by atoms with van der Waals surface area (Å²) in [4.78, 5) is 26.3. The van der Waals surface area contributed by atoms with E-state index >= 15 is 0 Å². The van der Waals surface area contributed by atoms with Crippen LogP contribution in [-0.2, 0) is 21.4 Å². The number of rotatable bonds is 3. The fourth-order valence-electron chi connectivity index (χ4n) is 3.60. The first-order valence-electron chi connectivity index (χ1n) is 8.48. The van der Waals surface area contributed by atoms with Gasteiger partial charge in [0.05, 0.1) is 5.41 Å². The Morgan fingerprint density at radius 1 is 1.12 bits per heavy atom. The van der Waals surface area contributed by atoms with Crippen LogP contribution < -0.4 is 10.2 Å². The second-order valence-electron chi connectivity index (χ2n) is 6.81. The number of hydrogen-bond donors (Lipinski definition) is 1. The molecule has 0 atom stereocenters. The van der Waals surface area contributed by atoms with Crippen molar-refractivity contribution in [1.29, 1.82) is 0 Å².